The fraction of sp³-hybridized carbons (Fsp3) is 0.875. The molecule has 1 atom stereocenters. The van der Waals surface area contributed by atoms with E-state index in [1.54, 1.807) is 0 Å². The minimum absolute atomic E-state index is 0.0172. The number of rotatable bonds is 6. The van der Waals surface area contributed by atoms with Gasteiger partial charge >= 0.3 is 0 Å². The molecule has 5 heteroatoms. The molecule has 122 valence electrons. The Labute approximate surface area is 128 Å². The molecule has 1 fully saturated rings. The number of amides is 2. The first-order valence-electron chi connectivity index (χ1n) is 8.14. The molecular weight excluding hydrogens is 266 g/mol. The quantitative estimate of drug-likeness (QED) is 0.693. The highest BCUT2D eigenvalue weighted by Gasteiger charge is 2.24. The zero-order valence-electron chi connectivity index (χ0n) is 13.8. The van der Waals surface area contributed by atoms with E-state index in [0.29, 0.717) is 0 Å². The highest BCUT2D eigenvalue weighted by Crippen LogP contribution is 2.29. The Morgan fingerprint density at radius 3 is 2.14 bits per heavy atom. The summed E-state index contributed by atoms with van der Waals surface area (Å²) < 4.78 is 0. The van der Waals surface area contributed by atoms with Crippen molar-refractivity contribution in [2.24, 2.45) is 23.5 Å². The van der Waals surface area contributed by atoms with Crippen molar-refractivity contribution in [1.82, 2.24) is 10.6 Å². The molecule has 0 aromatic rings. The van der Waals surface area contributed by atoms with Crippen LogP contribution in [0.15, 0.2) is 0 Å². The molecule has 0 spiro atoms. The van der Waals surface area contributed by atoms with Gasteiger partial charge in [0, 0.05) is 6.04 Å². The third-order valence-corrected chi connectivity index (χ3v) is 4.52. The van der Waals surface area contributed by atoms with Crippen molar-refractivity contribution in [2.75, 3.05) is 6.54 Å². The van der Waals surface area contributed by atoms with Gasteiger partial charge in [-0.05, 0) is 43.4 Å². The van der Waals surface area contributed by atoms with Gasteiger partial charge in [-0.25, -0.2) is 0 Å². The van der Waals surface area contributed by atoms with Gasteiger partial charge in [0.2, 0.25) is 11.8 Å². The lowest BCUT2D eigenvalue weighted by Crippen LogP contribution is -2.48. The fourth-order valence-corrected chi connectivity index (χ4v) is 2.80. The molecule has 1 rings (SSSR count). The van der Waals surface area contributed by atoms with Crippen LogP contribution >= 0.6 is 0 Å². The predicted octanol–water partition coefficient (Wildman–Crippen LogP) is 1.42. The average molecular weight is 297 g/mol. The van der Waals surface area contributed by atoms with Gasteiger partial charge in [0.05, 0.1) is 12.6 Å². The summed E-state index contributed by atoms with van der Waals surface area (Å²) in [4.78, 5) is 23.5. The van der Waals surface area contributed by atoms with Crippen molar-refractivity contribution < 1.29 is 9.59 Å². The van der Waals surface area contributed by atoms with E-state index in [4.69, 9.17) is 5.73 Å². The molecule has 21 heavy (non-hydrogen) atoms. The van der Waals surface area contributed by atoms with Crippen LogP contribution in [0.4, 0.5) is 0 Å². The van der Waals surface area contributed by atoms with E-state index in [0.717, 1.165) is 24.7 Å². The van der Waals surface area contributed by atoms with Crippen LogP contribution in [-0.2, 0) is 9.59 Å². The van der Waals surface area contributed by atoms with Crippen LogP contribution in [0.1, 0.15) is 53.4 Å². The van der Waals surface area contributed by atoms with Crippen LogP contribution in [0.2, 0.25) is 0 Å². The van der Waals surface area contributed by atoms with Crippen molar-refractivity contribution in [3.05, 3.63) is 0 Å². The first-order chi connectivity index (χ1) is 9.81. The molecule has 0 unspecified atom stereocenters. The van der Waals surface area contributed by atoms with Gasteiger partial charge in [-0.2, -0.15) is 0 Å². The maximum atomic E-state index is 11.9. The normalized spacial score (nSPS) is 24.0. The van der Waals surface area contributed by atoms with E-state index in [9.17, 15) is 9.59 Å². The second-order valence-electron chi connectivity index (χ2n) is 6.91. The number of carbonyl (C=O) groups is 2. The molecule has 0 aromatic heterocycles. The fourth-order valence-electron chi connectivity index (χ4n) is 2.80. The van der Waals surface area contributed by atoms with E-state index >= 15 is 0 Å². The Bertz CT molecular complexity index is 347. The minimum atomic E-state index is -0.556. The largest absolute Gasteiger partial charge is 0.352 e. The van der Waals surface area contributed by atoms with Gasteiger partial charge < -0.3 is 16.4 Å². The molecule has 0 bridgehead atoms. The molecule has 0 radical (unpaired) electrons. The van der Waals surface area contributed by atoms with Crippen molar-refractivity contribution in [2.45, 2.75) is 65.5 Å². The topological polar surface area (TPSA) is 84.2 Å². The molecule has 5 nitrogen and oxygen atoms in total. The van der Waals surface area contributed by atoms with Crippen LogP contribution in [0, 0.1) is 17.8 Å². The lowest BCUT2D eigenvalue weighted by Gasteiger charge is -2.31. The number of hydrogen-bond acceptors (Lipinski definition) is 3. The Balaban J connectivity index is 2.24. The first-order valence-corrected chi connectivity index (χ1v) is 8.14. The summed E-state index contributed by atoms with van der Waals surface area (Å²) in [5, 5.41) is 5.61. The predicted molar refractivity (Wildman–Crippen MR) is 84.5 cm³/mol. The van der Waals surface area contributed by atoms with Crippen LogP contribution in [0.3, 0.4) is 0 Å². The van der Waals surface area contributed by atoms with Crippen LogP contribution in [0.5, 0.6) is 0 Å². The Kier molecular flexibility index (Phi) is 7.15. The standard InChI is InChI=1S/C16H31N3O2/c1-10(2)12-5-7-13(8-6-12)19-14(20)9-18-16(21)15(17)11(3)4/h10-13,15H,5-9,17H2,1-4H3,(H,18,21)(H,19,20)/t12?,13?,15-/m0/s1. The molecule has 0 saturated heterocycles. The van der Waals surface area contributed by atoms with E-state index in [1.807, 2.05) is 13.8 Å². The van der Waals surface area contributed by atoms with Crippen molar-refractivity contribution in [3.8, 4) is 0 Å². The van der Waals surface area contributed by atoms with Gasteiger partial charge in [-0.1, -0.05) is 27.7 Å². The van der Waals surface area contributed by atoms with Gasteiger partial charge in [-0.3, -0.25) is 9.59 Å². The minimum Gasteiger partial charge on any atom is -0.352 e. The molecule has 2 amide bonds. The highest BCUT2D eigenvalue weighted by molar-refractivity contribution is 5.87. The molecule has 0 heterocycles. The lowest BCUT2D eigenvalue weighted by molar-refractivity contribution is -0.127. The summed E-state index contributed by atoms with van der Waals surface area (Å²) in [6, 6.07) is -0.303. The number of hydrogen-bond donors (Lipinski definition) is 3. The maximum Gasteiger partial charge on any atom is 0.239 e. The van der Waals surface area contributed by atoms with Gasteiger partial charge in [0.1, 0.15) is 0 Å². The van der Waals surface area contributed by atoms with Crippen LogP contribution in [0.25, 0.3) is 0 Å². The first kappa shape index (κ1) is 18.0. The van der Waals surface area contributed by atoms with E-state index in [-0.39, 0.29) is 30.3 Å². The summed E-state index contributed by atoms with van der Waals surface area (Å²) in [6.07, 6.45) is 4.42. The Morgan fingerprint density at radius 2 is 1.67 bits per heavy atom. The lowest BCUT2D eigenvalue weighted by atomic mass is 9.80. The summed E-state index contributed by atoms with van der Waals surface area (Å²) in [7, 11) is 0. The second kappa shape index (κ2) is 8.37. The number of nitrogens with one attached hydrogen (secondary N) is 2. The Hall–Kier alpha value is -1.10. The van der Waals surface area contributed by atoms with E-state index in [2.05, 4.69) is 24.5 Å². The third-order valence-electron chi connectivity index (χ3n) is 4.52. The van der Waals surface area contributed by atoms with E-state index < -0.39 is 6.04 Å². The molecule has 1 aliphatic carbocycles. The van der Waals surface area contributed by atoms with Gasteiger partial charge in [0.25, 0.3) is 0 Å². The molecule has 4 N–H and O–H groups in total. The summed E-state index contributed by atoms with van der Waals surface area (Å²) in [5.74, 6) is 1.19. The summed E-state index contributed by atoms with van der Waals surface area (Å²) in [5.41, 5.74) is 5.73. The zero-order chi connectivity index (χ0) is 16.0. The highest BCUT2D eigenvalue weighted by atomic mass is 16.2. The van der Waals surface area contributed by atoms with E-state index in [1.165, 1.54) is 12.8 Å². The van der Waals surface area contributed by atoms with Crippen LogP contribution < -0.4 is 16.4 Å². The molecule has 1 aliphatic rings. The van der Waals surface area contributed by atoms with Crippen LogP contribution in [-0.4, -0.2) is 30.4 Å². The average Bonchev–Trinajstić information content (AvgIpc) is 2.44. The molecular formula is C16H31N3O2. The van der Waals surface area contributed by atoms with Crippen molar-refractivity contribution in [3.63, 3.8) is 0 Å². The second-order valence-corrected chi connectivity index (χ2v) is 6.91. The van der Waals surface area contributed by atoms with Gasteiger partial charge in [-0.15, -0.1) is 0 Å². The molecule has 0 aliphatic heterocycles. The smallest absolute Gasteiger partial charge is 0.239 e. The third kappa shape index (κ3) is 6.04. The Morgan fingerprint density at radius 1 is 1.10 bits per heavy atom. The number of nitrogens with two attached hydrogens (primary N) is 1. The van der Waals surface area contributed by atoms with Crippen molar-refractivity contribution >= 4 is 11.8 Å². The molecule has 0 aromatic carbocycles. The monoisotopic (exact) mass is 297 g/mol. The summed E-state index contributed by atoms with van der Waals surface area (Å²) >= 11 is 0. The van der Waals surface area contributed by atoms with Crippen molar-refractivity contribution in [1.29, 1.82) is 0 Å². The zero-order valence-corrected chi connectivity index (χ0v) is 13.8. The summed E-state index contributed by atoms with van der Waals surface area (Å²) in [6.45, 7) is 8.31. The SMILES string of the molecule is CC(C)C1CCC(NC(=O)CNC(=O)[C@@H](N)C(C)C)CC1. The van der Waals surface area contributed by atoms with Gasteiger partial charge in [0.15, 0.2) is 0 Å². The number of carbonyl (C=O) groups excluding carboxylic acids is 2. The molecule has 1 saturated carbocycles. The maximum absolute atomic E-state index is 11.9.